The lowest BCUT2D eigenvalue weighted by molar-refractivity contribution is 0.0631. The second-order valence-electron chi connectivity index (χ2n) is 4.46. The Morgan fingerprint density at radius 2 is 2.00 bits per heavy atom. The third-order valence-corrected chi connectivity index (χ3v) is 3.09. The molecule has 0 saturated carbocycles. The maximum atomic E-state index is 12.1. The largest absolute Gasteiger partial charge is 0.382 e. The highest BCUT2D eigenvalue weighted by molar-refractivity contribution is 5.92. The Bertz CT molecular complexity index is 397. The van der Waals surface area contributed by atoms with E-state index >= 15 is 0 Å². The normalized spacial score (nSPS) is 16.8. The van der Waals surface area contributed by atoms with Crippen LogP contribution in [0.5, 0.6) is 0 Å². The van der Waals surface area contributed by atoms with E-state index in [-0.39, 0.29) is 5.91 Å². The minimum absolute atomic E-state index is 0.0568. The lowest BCUT2D eigenvalue weighted by Crippen LogP contribution is -2.48. The van der Waals surface area contributed by atoms with Gasteiger partial charge >= 0.3 is 0 Å². The molecule has 1 aliphatic heterocycles. The van der Waals surface area contributed by atoms with Crippen LogP contribution in [0.25, 0.3) is 0 Å². The average Bonchev–Trinajstić information content (AvgIpc) is 2.40. The first-order valence-electron chi connectivity index (χ1n) is 6.30. The second-order valence-corrected chi connectivity index (χ2v) is 4.46. The number of hydrogen-bond acceptors (Lipinski definition) is 5. The zero-order valence-corrected chi connectivity index (χ0v) is 10.7. The van der Waals surface area contributed by atoms with E-state index in [1.807, 2.05) is 4.90 Å². The lowest BCUT2D eigenvalue weighted by Gasteiger charge is -2.34. The summed E-state index contributed by atoms with van der Waals surface area (Å²) in [5.74, 6) is 0.276. The zero-order valence-electron chi connectivity index (χ0n) is 10.7. The van der Waals surface area contributed by atoms with Crippen LogP contribution in [0.4, 0.5) is 5.82 Å². The van der Waals surface area contributed by atoms with Gasteiger partial charge < -0.3 is 10.6 Å². The van der Waals surface area contributed by atoms with Crippen LogP contribution in [0.2, 0.25) is 0 Å². The summed E-state index contributed by atoms with van der Waals surface area (Å²) in [6, 6.07) is 0. The highest BCUT2D eigenvalue weighted by Crippen LogP contribution is 2.07. The molecule has 0 bridgehead atoms. The molecule has 0 spiro atoms. The number of rotatable bonds is 3. The minimum Gasteiger partial charge on any atom is -0.382 e. The van der Waals surface area contributed by atoms with Gasteiger partial charge in [-0.25, -0.2) is 9.97 Å². The molecule has 2 rings (SSSR count). The van der Waals surface area contributed by atoms with Gasteiger partial charge in [0.15, 0.2) is 0 Å². The summed E-state index contributed by atoms with van der Waals surface area (Å²) in [4.78, 5) is 24.3. The molecule has 2 heterocycles. The van der Waals surface area contributed by atoms with Crippen LogP contribution in [0, 0.1) is 0 Å². The fourth-order valence-electron chi connectivity index (χ4n) is 2.10. The van der Waals surface area contributed by atoms with Crippen molar-refractivity contribution in [2.45, 2.75) is 13.3 Å². The van der Waals surface area contributed by atoms with Crippen molar-refractivity contribution in [3.8, 4) is 0 Å². The monoisotopic (exact) mass is 249 g/mol. The Morgan fingerprint density at radius 3 is 2.56 bits per heavy atom. The lowest BCUT2D eigenvalue weighted by atomic mass is 10.2. The van der Waals surface area contributed by atoms with Gasteiger partial charge in [0.1, 0.15) is 11.5 Å². The molecule has 1 aromatic rings. The molecule has 1 aliphatic rings. The molecule has 6 nitrogen and oxygen atoms in total. The van der Waals surface area contributed by atoms with Crippen molar-refractivity contribution in [1.82, 2.24) is 19.8 Å². The molecule has 0 radical (unpaired) electrons. The zero-order chi connectivity index (χ0) is 13.0. The third kappa shape index (κ3) is 2.95. The molecule has 1 fully saturated rings. The van der Waals surface area contributed by atoms with Gasteiger partial charge in [0.05, 0.1) is 12.4 Å². The highest BCUT2D eigenvalue weighted by Gasteiger charge is 2.22. The van der Waals surface area contributed by atoms with E-state index in [1.54, 1.807) is 0 Å². The van der Waals surface area contributed by atoms with Crippen LogP contribution in [0.15, 0.2) is 12.4 Å². The Balaban J connectivity index is 1.93. The molecular weight excluding hydrogens is 230 g/mol. The predicted octanol–water partition coefficient (Wildman–Crippen LogP) is 0.227. The van der Waals surface area contributed by atoms with E-state index in [0.717, 1.165) is 39.1 Å². The standard InChI is InChI=1S/C12H19N5O/c1-2-3-16-4-6-17(7-5-16)12(18)10-8-15-11(13)9-14-10/h8-9H,2-7H2,1H3,(H2,13,15). The SMILES string of the molecule is CCCN1CCN(C(=O)c2cnc(N)cn2)CC1. The number of hydrogen-bond donors (Lipinski definition) is 1. The quantitative estimate of drug-likeness (QED) is 0.829. The number of piperazine rings is 1. The summed E-state index contributed by atoms with van der Waals surface area (Å²) in [6.07, 6.45) is 4.01. The molecule has 6 heteroatoms. The maximum absolute atomic E-state index is 12.1. The number of carbonyl (C=O) groups is 1. The summed E-state index contributed by atoms with van der Waals surface area (Å²) < 4.78 is 0. The van der Waals surface area contributed by atoms with Gasteiger partial charge in [-0.2, -0.15) is 0 Å². The van der Waals surface area contributed by atoms with E-state index in [1.165, 1.54) is 12.4 Å². The first-order chi connectivity index (χ1) is 8.70. The van der Waals surface area contributed by atoms with Crippen molar-refractivity contribution in [1.29, 1.82) is 0 Å². The van der Waals surface area contributed by atoms with Gasteiger partial charge in [-0.05, 0) is 13.0 Å². The molecule has 1 aromatic heterocycles. The Hall–Kier alpha value is -1.69. The fourth-order valence-corrected chi connectivity index (χ4v) is 2.10. The summed E-state index contributed by atoms with van der Waals surface area (Å²) >= 11 is 0. The molecule has 2 N–H and O–H groups in total. The third-order valence-electron chi connectivity index (χ3n) is 3.09. The number of carbonyl (C=O) groups excluding carboxylic acids is 1. The summed E-state index contributed by atoms with van der Waals surface area (Å²) in [5, 5.41) is 0. The van der Waals surface area contributed by atoms with Crippen molar-refractivity contribution in [3.05, 3.63) is 18.1 Å². The van der Waals surface area contributed by atoms with E-state index < -0.39 is 0 Å². The number of amides is 1. The van der Waals surface area contributed by atoms with Crippen molar-refractivity contribution >= 4 is 11.7 Å². The van der Waals surface area contributed by atoms with E-state index in [9.17, 15) is 4.79 Å². The Kier molecular flexibility index (Phi) is 4.09. The van der Waals surface area contributed by atoms with Crippen LogP contribution >= 0.6 is 0 Å². The van der Waals surface area contributed by atoms with E-state index in [0.29, 0.717) is 11.5 Å². The van der Waals surface area contributed by atoms with E-state index in [4.69, 9.17) is 5.73 Å². The van der Waals surface area contributed by atoms with Gasteiger partial charge in [-0.15, -0.1) is 0 Å². The number of aromatic nitrogens is 2. The van der Waals surface area contributed by atoms with Gasteiger partial charge in [0, 0.05) is 26.2 Å². The summed E-state index contributed by atoms with van der Waals surface area (Å²) in [7, 11) is 0. The van der Waals surface area contributed by atoms with Crippen LogP contribution in [0.1, 0.15) is 23.8 Å². The first-order valence-corrected chi connectivity index (χ1v) is 6.30. The Morgan fingerprint density at radius 1 is 1.28 bits per heavy atom. The molecule has 1 amide bonds. The molecule has 0 unspecified atom stereocenters. The number of nitrogens with zero attached hydrogens (tertiary/aromatic N) is 4. The van der Waals surface area contributed by atoms with Crippen LogP contribution in [0.3, 0.4) is 0 Å². The topological polar surface area (TPSA) is 75.3 Å². The molecular formula is C12H19N5O. The van der Waals surface area contributed by atoms with Crippen LogP contribution in [-0.2, 0) is 0 Å². The second kappa shape index (κ2) is 5.77. The molecule has 0 aliphatic carbocycles. The molecule has 18 heavy (non-hydrogen) atoms. The van der Waals surface area contributed by atoms with Gasteiger partial charge in [-0.1, -0.05) is 6.92 Å². The smallest absolute Gasteiger partial charge is 0.274 e. The summed E-state index contributed by atoms with van der Waals surface area (Å²) in [5.41, 5.74) is 5.82. The van der Waals surface area contributed by atoms with Gasteiger partial charge in [0.25, 0.3) is 5.91 Å². The maximum Gasteiger partial charge on any atom is 0.274 e. The highest BCUT2D eigenvalue weighted by atomic mass is 16.2. The Labute approximate surface area is 107 Å². The van der Waals surface area contributed by atoms with E-state index in [2.05, 4.69) is 21.8 Å². The van der Waals surface area contributed by atoms with Crippen molar-refractivity contribution in [2.75, 3.05) is 38.5 Å². The van der Waals surface area contributed by atoms with Crippen molar-refractivity contribution in [2.24, 2.45) is 0 Å². The average molecular weight is 249 g/mol. The number of nitrogens with two attached hydrogens (primary N) is 1. The molecule has 98 valence electrons. The van der Waals surface area contributed by atoms with Crippen LogP contribution < -0.4 is 5.73 Å². The predicted molar refractivity (Wildman–Crippen MR) is 69.1 cm³/mol. The van der Waals surface area contributed by atoms with Crippen molar-refractivity contribution < 1.29 is 4.79 Å². The van der Waals surface area contributed by atoms with Crippen LogP contribution in [-0.4, -0.2) is 58.4 Å². The van der Waals surface area contributed by atoms with Gasteiger partial charge in [0.2, 0.25) is 0 Å². The van der Waals surface area contributed by atoms with Crippen molar-refractivity contribution in [3.63, 3.8) is 0 Å². The fraction of sp³-hybridized carbons (Fsp3) is 0.583. The first kappa shape index (κ1) is 12.8. The minimum atomic E-state index is -0.0568. The molecule has 0 aromatic carbocycles. The number of anilines is 1. The van der Waals surface area contributed by atoms with Gasteiger partial charge in [-0.3, -0.25) is 9.69 Å². The summed E-state index contributed by atoms with van der Waals surface area (Å²) in [6.45, 7) is 6.64. The molecule has 0 atom stereocenters. The number of nitrogen functional groups attached to an aromatic ring is 1. The molecule has 1 saturated heterocycles.